The third-order valence-corrected chi connectivity index (χ3v) is 4.33. The smallest absolute Gasteiger partial charge is 0.294 e. The maximum absolute atomic E-state index is 12.0. The van der Waals surface area contributed by atoms with E-state index in [0.717, 1.165) is 16.3 Å². The van der Waals surface area contributed by atoms with Crippen molar-refractivity contribution in [3.8, 4) is 10.6 Å². The molecule has 0 unspecified atom stereocenters. The van der Waals surface area contributed by atoms with Gasteiger partial charge in [-0.25, -0.2) is 4.98 Å². The van der Waals surface area contributed by atoms with Gasteiger partial charge in [-0.2, -0.15) is 0 Å². The molecule has 0 saturated heterocycles. The minimum absolute atomic E-state index is 0.234. The van der Waals surface area contributed by atoms with E-state index in [2.05, 4.69) is 10.3 Å². The van der Waals surface area contributed by atoms with Crippen LogP contribution in [0.25, 0.3) is 10.6 Å². The number of Topliss-reactive ketones (excluding diaryl/α,β-unsaturated/α-hetero) is 1. The maximum atomic E-state index is 12.0. The lowest BCUT2D eigenvalue weighted by Gasteiger charge is -2.03. The molecule has 1 N–H and O–H groups in total. The number of thiazole rings is 1. The number of aromatic nitrogens is 2. The number of carbonyl (C=O) groups excluding carboxylic acids is 2. The molecule has 0 atom stereocenters. The molecular formula is C17H15N3O2S. The van der Waals surface area contributed by atoms with Gasteiger partial charge in [0.15, 0.2) is 0 Å². The van der Waals surface area contributed by atoms with E-state index in [1.807, 2.05) is 35.7 Å². The summed E-state index contributed by atoms with van der Waals surface area (Å²) in [5.41, 5.74) is 2.14. The standard InChI is InChI=1S/C17H15N3O2S/c1-20-9-5-8-14(20)15(21)16(22)18-10-13-11-23-17(19-13)12-6-3-2-4-7-12/h2-9,11H,10H2,1H3,(H,18,22). The summed E-state index contributed by atoms with van der Waals surface area (Å²) in [5, 5.41) is 5.40. The van der Waals surface area contributed by atoms with E-state index in [1.54, 1.807) is 29.9 Å². The molecule has 0 bridgehead atoms. The van der Waals surface area contributed by atoms with Crippen LogP contribution in [-0.4, -0.2) is 21.2 Å². The van der Waals surface area contributed by atoms with Crippen molar-refractivity contribution in [2.75, 3.05) is 0 Å². The normalized spacial score (nSPS) is 10.5. The van der Waals surface area contributed by atoms with Gasteiger partial charge in [-0.3, -0.25) is 9.59 Å². The summed E-state index contributed by atoms with van der Waals surface area (Å²) in [7, 11) is 1.73. The quantitative estimate of drug-likeness (QED) is 0.579. The largest absolute Gasteiger partial charge is 0.348 e. The minimum Gasteiger partial charge on any atom is -0.348 e. The molecule has 2 aromatic heterocycles. The molecule has 1 aromatic carbocycles. The first-order valence-corrected chi connectivity index (χ1v) is 7.97. The molecule has 0 aliphatic rings. The van der Waals surface area contributed by atoms with E-state index in [1.165, 1.54) is 11.3 Å². The van der Waals surface area contributed by atoms with Crippen molar-refractivity contribution in [3.05, 3.63) is 65.4 Å². The van der Waals surface area contributed by atoms with Crippen LogP contribution in [0.5, 0.6) is 0 Å². The van der Waals surface area contributed by atoms with Crippen LogP contribution < -0.4 is 5.32 Å². The molecule has 1 amide bonds. The fraction of sp³-hybridized carbons (Fsp3) is 0.118. The van der Waals surface area contributed by atoms with Crippen LogP contribution >= 0.6 is 11.3 Å². The first kappa shape index (κ1) is 15.2. The molecule has 3 aromatic rings. The van der Waals surface area contributed by atoms with Gasteiger partial charge >= 0.3 is 0 Å². The van der Waals surface area contributed by atoms with Gasteiger partial charge in [0.25, 0.3) is 11.7 Å². The van der Waals surface area contributed by atoms with Gasteiger partial charge in [0.05, 0.1) is 17.9 Å². The van der Waals surface area contributed by atoms with Crippen molar-refractivity contribution < 1.29 is 9.59 Å². The molecule has 2 heterocycles. The summed E-state index contributed by atoms with van der Waals surface area (Å²) in [6.45, 7) is 0.234. The molecule has 5 nitrogen and oxygen atoms in total. The van der Waals surface area contributed by atoms with Crippen LogP contribution in [0.4, 0.5) is 0 Å². The summed E-state index contributed by atoms with van der Waals surface area (Å²) in [6, 6.07) is 13.2. The molecular weight excluding hydrogens is 310 g/mol. The number of hydrogen-bond donors (Lipinski definition) is 1. The Hall–Kier alpha value is -2.73. The SMILES string of the molecule is Cn1cccc1C(=O)C(=O)NCc1csc(-c2ccccc2)n1. The van der Waals surface area contributed by atoms with Crippen LogP contribution in [0.1, 0.15) is 16.2 Å². The van der Waals surface area contributed by atoms with Gasteiger partial charge in [0.2, 0.25) is 0 Å². The Morgan fingerprint density at radius 1 is 1.17 bits per heavy atom. The lowest BCUT2D eigenvalue weighted by atomic mass is 10.2. The lowest BCUT2D eigenvalue weighted by molar-refractivity contribution is -0.117. The van der Waals surface area contributed by atoms with E-state index in [9.17, 15) is 9.59 Å². The van der Waals surface area contributed by atoms with Gasteiger partial charge in [-0.1, -0.05) is 30.3 Å². The molecule has 0 fully saturated rings. The third kappa shape index (κ3) is 3.37. The average Bonchev–Trinajstić information content (AvgIpc) is 3.21. The highest BCUT2D eigenvalue weighted by molar-refractivity contribution is 7.13. The number of nitrogens with one attached hydrogen (secondary N) is 1. The second-order valence-electron chi connectivity index (χ2n) is 5.03. The van der Waals surface area contributed by atoms with E-state index < -0.39 is 11.7 Å². The molecule has 0 saturated carbocycles. The second-order valence-corrected chi connectivity index (χ2v) is 5.88. The Morgan fingerprint density at radius 2 is 1.96 bits per heavy atom. The highest BCUT2D eigenvalue weighted by atomic mass is 32.1. The predicted molar refractivity (Wildman–Crippen MR) is 89.1 cm³/mol. The Kier molecular flexibility index (Phi) is 4.34. The summed E-state index contributed by atoms with van der Waals surface area (Å²) >= 11 is 1.51. The highest BCUT2D eigenvalue weighted by Gasteiger charge is 2.18. The molecule has 0 aliphatic heterocycles. The van der Waals surface area contributed by atoms with Crippen molar-refractivity contribution in [2.24, 2.45) is 7.05 Å². The van der Waals surface area contributed by atoms with E-state index in [-0.39, 0.29) is 6.54 Å². The zero-order valence-electron chi connectivity index (χ0n) is 12.5. The zero-order chi connectivity index (χ0) is 16.2. The van der Waals surface area contributed by atoms with Crippen molar-refractivity contribution in [1.29, 1.82) is 0 Å². The fourth-order valence-electron chi connectivity index (χ4n) is 2.17. The molecule has 6 heteroatoms. The number of rotatable bonds is 5. The first-order chi connectivity index (χ1) is 11.1. The average molecular weight is 325 g/mol. The second kappa shape index (κ2) is 6.58. The highest BCUT2D eigenvalue weighted by Crippen LogP contribution is 2.23. The zero-order valence-corrected chi connectivity index (χ0v) is 13.3. The van der Waals surface area contributed by atoms with Crippen molar-refractivity contribution in [3.63, 3.8) is 0 Å². The van der Waals surface area contributed by atoms with Gasteiger partial charge in [-0.15, -0.1) is 11.3 Å². The summed E-state index contributed by atoms with van der Waals surface area (Å²) in [5.74, 6) is -1.17. The molecule has 116 valence electrons. The number of carbonyl (C=O) groups is 2. The number of nitrogens with zero attached hydrogens (tertiary/aromatic N) is 2. The van der Waals surface area contributed by atoms with Crippen LogP contribution in [0.15, 0.2) is 54.0 Å². The third-order valence-electron chi connectivity index (χ3n) is 3.39. The van der Waals surface area contributed by atoms with Gasteiger partial charge < -0.3 is 9.88 Å². The maximum Gasteiger partial charge on any atom is 0.294 e. The first-order valence-electron chi connectivity index (χ1n) is 7.09. The lowest BCUT2D eigenvalue weighted by Crippen LogP contribution is -2.31. The monoisotopic (exact) mass is 325 g/mol. The Balaban J connectivity index is 1.63. The summed E-state index contributed by atoms with van der Waals surface area (Å²) < 4.78 is 1.62. The topological polar surface area (TPSA) is 64.0 Å². The Labute approximate surface area is 137 Å². The van der Waals surface area contributed by atoms with Crippen LogP contribution in [-0.2, 0) is 18.4 Å². The summed E-state index contributed by atoms with van der Waals surface area (Å²) in [6.07, 6.45) is 1.73. The van der Waals surface area contributed by atoms with Crippen molar-refractivity contribution in [2.45, 2.75) is 6.54 Å². The van der Waals surface area contributed by atoms with Crippen LogP contribution in [0.3, 0.4) is 0 Å². The minimum atomic E-state index is -0.624. The molecule has 0 spiro atoms. The fourth-order valence-corrected chi connectivity index (χ4v) is 2.99. The predicted octanol–water partition coefficient (Wildman–Crippen LogP) is 2.65. The molecule has 3 rings (SSSR count). The van der Waals surface area contributed by atoms with E-state index in [0.29, 0.717) is 5.69 Å². The van der Waals surface area contributed by atoms with Gasteiger partial charge in [-0.05, 0) is 12.1 Å². The Morgan fingerprint density at radius 3 is 2.65 bits per heavy atom. The van der Waals surface area contributed by atoms with Crippen molar-refractivity contribution >= 4 is 23.0 Å². The van der Waals surface area contributed by atoms with E-state index >= 15 is 0 Å². The number of aryl methyl sites for hydroxylation is 1. The Bertz CT molecular complexity index is 836. The van der Waals surface area contributed by atoms with Crippen LogP contribution in [0.2, 0.25) is 0 Å². The van der Waals surface area contributed by atoms with Gasteiger partial charge in [0, 0.05) is 24.2 Å². The number of hydrogen-bond acceptors (Lipinski definition) is 4. The summed E-state index contributed by atoms with van der Waals surface area (Å²) in [4.78, 5) is 28.4. The number of benzene rings is 1. The van der Waals surface area contributed by atoms with Crippen molar-refractivity contribution in [1.82, 2.24) is 14.9 Å². The molecule has 0 aliphatic carbocycles. The molecule has 0 radical (unpaired) electrons. The number of ketones is 1. The van der Waals surface area contributed by atoms with Gasteiger partial charge in [0.1, 0.15) is 5.01 Å². The van der Waals surface area contributed by atoms with E-state index in [4.69, 9.17) is 0 Å². The number of amides is 1. The molecule has 23 heavy (non-hydrogen) atoms. The van der Waals surface area contributed by atoms with Crippen LogP contribution in [0, 0.1) is 0 Å².